The van der Waals surface area contributed by atoms with Gasteiger partial charge in [0.05, 0.1) is 11.9 Å². The normalized spacial score (nSPS) is 18.1. The lowest BCUT2D eigenvalue weighted by Gasteiger charge is -2.22. The Morgan fingerprint density at radius 2 is 2.17 bits per heavy atom. The molecule has 1 fully saturated rings. The van der Waals surface area contributed by atoms with E-state index in [1.165, 1.54) is 6.20 Å². The predicted octanol–water partition coefficient (Wildman–Crippen LogP) is 0.386. The van der Waals surface area contributed by atoms with Crippen LogP contribution in [0.4, 0.5) is 0 Å². The number of H-pyrrole nitrogens is 1. The third-order valence-electron chi connectivity index (χ3n) is 3.38. The second-order valence-corrected chi connectivity index (χ2v) is 6.47. The zero-order chi connectivity index (χ0) is 13.0. The van der Waals surface area contributed by atoms with E-state index >= 15 is 0 Å². The molecule has 2 heterocycles. The summed E-state index contributed by atoms with van der Waals surface area (Å²) < 4.78 is 26.6. The number of nitrogens with one attached hydrogen (secondary N) is 3. The summed E-state index contributed by atoms with van der Waals surface area (Å²) in [5.74, 6) is 0.624. The molecule has 0 atom stereocenters. The SMILES string of the molecule is Cc1[nH]ncc1S(=O)(=O)NCCC1CCNCC1. The highest BCUT2D eigenvalue weighted by Gasteiger charge is 2.19. The third-order valence-corrected chi connectivity index (χ3v) is 4.95. The zero-order valence-electron chi connectivity index (χ0n) is 10.6. The van der Waals surface area contributed by atoms with Gasteiger partial charge in [-0.2, -0.15) is 5.10 Å². The molecule has 0 amide bonds. The van der Waals surface area contributed by atoms with Gasteiger partial charge in [0.1, 0.15) is 4.90 Å². The molecule has 2 rings (SSSR count). The lowest BCUT2D eigenvalue weighted by molar-refractivity contribution is 0.354. The van der Waals surface area contributed by atoms with Gasteiger partial charge in [0.25, 0.3) is 0 Å². The van der Waals surface area contributed by atoms with Gasteiger partial charge < -0.3 is 5.32 Å². The van der Waals surface area contributed by atoms with Crippen molar-refractivity contribution in [3.63, 3.8) is 0 Å². The van der Waals surface area contributed by atoms with Crippen molar-refractivity contribution < 1.29 is 8.42 Å². The number of piperidine rings is 1. The lowest BCUT2D eigenvalue weighted by atomic mass is 9.95. The van der Waals surface area contributed by atoms with Crippen molar-refractivity contribution in [1.82, 2.24) is 20.2 Å². The summed E-state index contributed by atoms with van der Waals surface area (Å²) in [6, 6.07) is 0. The van der Waals surface area contributed by atoms with Crippen molar-refractivity contribution in [2.45, 2.75) is 31.1 Å². The summed E-state index contributed by atoms with van der Waals surface area (Å²) in [4.78, 5) is 0.243. The fourth-order valence-corrected chi connectivity index (χ4v) is 3.44. The van der Waals surface area contributed by atoms with Crippen LogP contribution >= 0.6 is 0 Å². The molecule has 1 saturated heterocycles. The number of nitrogens with zero attached hydrogens (tertiary/aromatic N) is 1. The largest absolute Gasteiger partial charge is 0.317 e. The Balaban J connectivity index is 1.84. The first kappa shape index (κ1) is 13.5. The van der Waals surface area contributed by atoms with Crippen molar-refractivity contribution >= 4 is 10.0 Å². The van der Waals surface area contributed by atoms with Gasteiger partial charge in [-0.15, -0.1) is 0 Å². The molecule has 1 aliphatic heterocycles. The average molecular weight is 272 g/mol. The summed E-state index contributed by atoms with van der Waals surface area (Å²) >= 11 is 0. The number of rotatable bonds is 5. The molecule has 18 heavy (non-hydrogen) atoms. The first-order valence-electron chi connectivity index (χ1n) is 6.30. The standard InChI is InChI=1S/C11H20N4O2S/c1-9-11(8-13-15-9)18(16,17)14-7-4-10-2-5-12-6-3-10/h8,10,12,14H,2-7H2,1H3,(H,13,15). The van der Waals surface area contributed by atoms with Crippen LogP contribution in [-0.4, -0.2) is 38.2 Å². The minimum absolute atomic E-state index is 0.243. The van der Waals surface area contributed by atoms with Crippen molar-refractivity contribution in [3.8, 4) is 0 Å². The Morgan fingerprint density at radius 3 is 2.78 bits per heavy atom. The number of hydrogen-bond acceptors (Lipinski definition) is 4. The maximum absolute atomic E-state index is 12.0. The van der Waals surface area contributed by atoms with Crippen molar-refractivity contribution in [2.24, 2.45) is 5.92 Å². The van der Waals surface area contributed by atoms with Crippen molar-refractivity contribution in [3.05, 3.63) is 11.9 Å². The van der Waals surface area contributed by atoms with E-state index in [0.717, 1.165) is 32.4 Å². The van der Waals surface area contributed by atoms with Crippen molar-refractivity contribution in [1.29, 1.82) is 0 Å². The Morgan fingerprint density at radius 1 is 1.44 bits per heavy atom. The molecule has 0 aromatic carbocycles. The molecule has 0 saturated carbocycles. The molecule has 1 aromatic rings. The van der Waals surface area contributed by atoms with Crippen LogP contribution in [-0.2, 0) is 10.0 Å². The molecular weight excluding hydrogens is 252 g/mol. The Kier molecular flexibility index (Phi) is 4.36. The number of aromatic amines is 1. The van der Waals surface area contributed by atoms with E-state index in [4.69, 9.17) is 0 Å². The lowest BCUT2D eigenvalue weighted by Crippen LogP contribution is -2.31. The molecule has 1 aromatic heterocycles. The molecule has 102 valence electrons. The Bertz CT molecular complexity index is 477. The third kappa shape index (κ3) is 3.30. The van der Waals surface area contributed by atoms with E-state index in [1.54, 1.807) is 6.92 Å². The second kappa shape index (κ2) is 5.81. The van der Waals surface area contributed by atoms with E-state index in [1.807, 2.05) is 0 Å². The summed E-state index contributed by atoms with van der Waals surface area (Å²) in [6.07, 6.45) is 4.51. The zero-order valence-corrected chi connectivity index (χ0v) is 11.4. The molecule has 0 bridgehead atoms. The fraction of sp³-hybridized carbons (Fsp3) is 0.727. The molecule has 0 unspecified atom stereocenters. The van der Waals surface area contributed by atoms with Gasteiger partial charge in [-0.1, -0.05) is 0 Å². The summed E-state index contributed by atoms with van der Waals surface area (Å²) in [7, 11) is -3.41. The number of hydrogen-bond donors (Lipinski definition) is 3. The molecule has 1 aliphatic rings. The van der Waals surface area contributed by atoms with Crippen LogP contribution < -0.4 is 10.0 Å². The summed E-state index contributed by atoms with van der Waals surface area (Å²) in [5.41, 5.74) is 0.573. The molecule has 0 spiro atoms. The van der Waals surface area contributed by atoms with Crippen LogP contribution in [0.3, 0.4) is 0 Å². The molecule has 0 radical (unpaired) electrons. The van der Waals surface area contributed by atoms with Gasteiger partial charge >= 0.3 is 0 Å². The van der Waals surface area contributed by atoms with Gasteiger partial charge in [-0.25, -0.2) is 13.1 Å². The molecule has 0 aliphatic carbocycles. The topological polar surface area (TPSA) is 86.9 Å². The minimum Gasteiger partial charge on any atom is -0.317 e. The van der Waals surface area contributed by atoms with Gasteiger partial charge in [0, 0.05) is 6.54 Å². The van der Waals surface area contributed by atoms with Crippen LogP contribution in [0.5, 0.6) is 0 Å². The highest BCUT2D eigenvalue weighted by atomic mass is 32.2. The van der Waals surface area contributed by atoms with Crippen LogP contribution in [0.15, 0.2) is 11.1 Å². The monoisotopic (exact) mass is 272 g/mol. The van der Waals surface area contributed by atoms with Gasteiger partial charge in [0.15, 0.2) is 0 Å². The number of aryl methyl sites for hydroxylation is 1. The van der Waals surface area contributed by atoms with Crippen LogP contribution in [0.25, 0.3) is 0 Å². The molecule has 6 nitrogen and oxygen atoms in total. The fourth-order valence-electron chi connectivity index (χ4n) is 2.26. The Labute approximate surface area is 108 Å². The van der Waals surface area contributed by atoms with Gasteiger partial charge in [-0.3, -0.25) is 5.10 Å². The minimum atomic E-state index is -3.41. The number of aromatic nitrogens is 2. The molecule has 7 heteroatoms. The van der Waals surface area contributed by atoms with Gasteiger partial charge in [-0.05, 0) is 45.2 Å². The van der Waals surface area contributed by atoms with E-state index in [2.05, 4.69) is 20.2 Å². The van der Waals surface area contributed by atoms with E-state index < -0.39 is 10.0 Å². The second-order valence-electron chi connectivity index (χ2n) is 4.74. The van der Waals surface area contributed by atoms with Gasteiger partial charge in [0.2, 0.25) is 10.0 Å². The van der Waals surface area contributed by atoms with E-state index in [-0.39, 0.29) is 4.90 Å². The maximum Gasteiger partial charge on any atom is 0.243 e. The molecular formula is C11H20N4O2S. The van der Waals surface area contributed by atoms with E-state index in [9.17, 15) is 8.42 Å². The van der Waals surface area contributed by atoms with E-state index in [0.29, 0.717) is 18.2 Å². The van der Waals surface area contributed by atoms with Crippen LogP contribution in [0.2, 0.25) is 0 Å². The number of sulfonamides is 1. The first-order valence-corrected chi connectivity index (χ1v) is 7.78. The average Bonchev–Trinajstić information content (AvgIpc) is 2.77. The smallest absolute Gasteiger partial charge is 0.243 e. The quantitative estimate of drug-likeness (QED) is 0.723. The van der Waals surface area contributed by atoms with Crippen LogP contribution in [0.1, 0.15) is 25.0 Å². The first-order chi connectivity index (χ1) is 8.59. The Hall–Kier alpha value is -0.920. The van der Waals surface area contributed by atoms with Crippen LogP contribution in [0, 0.1) is 12.8 Å². The highest BCUT2D eigenvalue weighted by molar-refractivity contribution is 7.89. The predicted molar refractivity (Wildman–Crippen MR) is 68.7 cm³/mol. The van der Waals surface area contributed by atoms with Crippen molar-refractivity contribution in [2.75, 3.05) is 19.6 Å². The summed E-state index contributed by atoms with van der Waals surface area (Å²) in [6.45, 7) is 4.28. The maximum atomic E-state index is 12.0. The summed E-state index contributed by atoms with van der Waals surface area (Å²) in [5, 5.41) is 9.67. The molecule has 3 N–H and O–H groups in total. The highest BCUT2D eigenvalue weighted by Crippen LogP contribution is 2.16.